The molecule has 128 valence electrons. The number of aryl methyl sites for hydroxylation is 1. The molecule has 1 fully saturated rings. The van der Waals surface area contributed by atoms with Crippen LogP contribution in [0.4, 0.5) is 16.3 Å². The van der Waals surface area contributed by atoms with Gasteiger partial charge in [0.25, 0.3) is 0 Å². The van der Waals surface area contributed by atoms with Crippen LogP contribution in [0.3, 0.4) is 0 Å². The minimum Gasteiger partial charge on any atom is -0.444 e. The summed E-state index contributed by atoms with van der Waals surface area (Å²) in [5.74, 6) is 0.463. The van der Waals surface area contributed by atoms with E-state index in [0.717, 1.165) is 11.3 Å². The zero-order chi connectivity index (χ0) is 17.4. The fourth-order valence-corrected chi connectivity index (χ4v) is 2.70. The maximum Gasteiger partial charge on any atom is 0.412 e. The maximum atomic E-state index is 12.3. The third-order valence-corrected chi connectivity index (χ3v) is 3.72. The first-order valence-electron chi connectivity index (χ1n) is 7.70. The topological polar surface area (TPSA) is 91.9 Å². The van der Waals surface area contributed by atoms with E-state index in [1.807, 2.05) is 11.8 Å². The van der Waals surface area contributed by atoms with Gasteiger partial charge in [-0.15, -0.1) is 0 Å². The molecule has 23 heavy (non-hydrogen) atoms. The van der Waals surface area contributed by atoms with Crippen LogP contribution in [0, 0.1) is 6.92 Å². The van der Waals surface area contributed by atoms with Crippen molar-refractivity contribution in [2.75, 3.05) is 30.3 Å². The Bertz CT molecular complexity index is 595. The van der Waals surface area contributed by atoms with Gasteiger partial charge in [0.2, 0.25) is 0 Å². The van der Waals surface area contributed by atoms with Crippen LogP contribution in [0.2, 0.25) is 0 Å². The van der Waals surface area contributed by atoms with Crippen LogP contribution < -0.4 is 10.6 Å². The summed E-state index contributed by atoms with van der Waals surface area (Å²) in [5, 5.41) is 10.7. The highest BCUT2D eigenvalue weighted by Gasteiger charge is 2.41. The highest BCUT2D eigenvalue weighted by atomic mass is 16.6. The van der Waals surface area contributed by atoms with Gasteiger partial charge in [0.15, 0.2) is 5.72 Å². The van der Waals surface area contributed by atoms with Crippen LogP contribution >= 0.6 is 0 Å². The molecule has 0 spiro atoms. The molecule has 7 heteroatoms. The molecule has 1 aromatic heterocycles. The van der Waals surface area contributed by atoms with Crippen molar-refractivity contribution in [1.82, 2.24) is 9.88 Å². The number of ether oxygens (including phenoxy) is 1. The number of carbonyl (C=O) groups is 1. The Morgan fingerprint density at radius 1 is 1.43 bits per heavy atom. The number of pyridine rings is 1. The number of carbonyl (C=O) groups excluding carboxylic acids is 1. The van der Waals surface area contributed by atoms with Crippen molar-refractivity contribution in [2.24, 2.45) is 0 Å². The fraction of sp³-hybridized carbons (Fsp3) is 0.625. The smallest absolute Gasteiger partial charge is 0.412 e. The number of piperazine rings is 1. The molecule has 0 bridgehead atoms. The number of hydrogen-bond acceptors (Lipinski definition) is 6. The normalized spacial score (nSPS) is 22.2. The van der Waals surface area contributed by atoms with Crippen LogP contribution in [-0.2, 0) is 4.74 Å². The zero-order valence-electron chi connectivity index (χ0n) is 14.5. The highest BCUT2D eigenvalue weighted by Crippen LogP contribution is 2.28. The number of aromatic nitrogens is 1. The van der Waals surface area contributed by atoms with E-state index in [0.29, 0.717) is 18.9 Å². The number of anilines is 2. The van der Waals surface area contributed by atoms with Crippen molar-refractivity contribution in [3.8, 4) is 0 Å². The minimum atomic E-state index is -1.32. The summed E-state index contributed by atoms with van der Waals surface area (Å²) in [6.45, 7) is 10.2. The second-order valence-electron chi connectivity index (χ2n) is 7.17. The van der Waals surface area contributed by atoms with Gasteiger partial charge in [-0.25, -0.2) is 9.78 Å². The van der Waals surface area contributed by atoms with E-state index >= 15 is 0 Å². The van der Waals surface area contributed by atoms with Crippen LogP contribution in [0.5, 0.6) is 0 Å². The molecule has 1 aliphatic heterocycles. The molecular weight excluding hydrogens is 296 g/mol. The molecule has 1 amide bonds. The van der Waals surface area contributed by atoms with Crippen molar-refractivity contribution < 1.29 is 14.6 Å². The number of nitrogens with zero attached hydrogens (tertiary/aromatic N) is 3. The SMILES string of the molecule is Cc1cc(N)ncc1N1CCN(C(=O)OC(C)(C)C)[C@](C)(O)C1. The quantitative estimate of drug-likeness (QED) is 0.818. The van der Waals surface area contributed by atoms with Gasteiger partial charge >= 0.3 is 6.09 Å². The Labute approximate surface area is 137 Å². The fourth-order valence-electron chi connectivity index (χ4n) is 2.70. The summed E-state index contributed by atoms with van der Waals surface area (Å²) < 4.78 is 5.37. The predicted molar refractivity (Wildman–Crippen MR) is 89.2 cm³/mol. The maximum absolute atomic E-state index is 12.3. The van der Waals surface area contributed by atoms with Gasteiger partial charge in [-0.2, -0.15) is 0 Å². The second kappa shape index (κ2) is 5.88. The number of β-amino-alcohol motifs (C(OH)–C–C–N with tert-alkyl or cyclic N) is 1. The Balaban J connectivity index is 2.15. The predicted octanol–water partition coefficient (Wildman–Crippen LogP) is 1.74. The number of rotatable bonds is 1. The van der Waals surface area contributed by atoms with Gasteiger partial charge in [-0.05, 0) is 46.2 Å². The van der Waals surface area contributed by atoms with E-state index in [-0.39, 0.29) is 6.54 Å². The Hall–Kier alpha value is -2.02. The summed E-state index contributed by atoms with van der Waals surface area (Å²) >= 11 is 0. The molecule has 1 saturated heterocycles. The molecule has 2 heterocycles. The highest BCUT2D eigenvalue weighted by molar-refractivity contribution is 5.70. The number of amides is 1. The standard InChI is InChI=1S/C16H26N4O3/c1-11-8-13(17)18-9-12(11)19-6-7-20(16(5,22)10-19)14(21)23-15(2,3)4/h8-9,22H,6-7,10H2,1-5H3,(H2,17,18)/t16-/m1/s1. The molecule has 0 unspecified atom stereocenters. The van der Waals surface area contributed by atoms with E-state index < -0.39 is 17.4 Å². The Morgan fingerprint density at radius 2 is 2.09 bits per heavy atom. The van der Waals surface area contributed by atoms with E-state index in [1.165, 1.54) is 4.90 Å². The first kappa shape index (κ1) is 17.3. The van der Waals surface area contributed by atoms with Gasteiger partial charge in [0.1, 0.15) is 11.4 Å². The minimum absolute atomic E-state index is 0.276. The lowest BCUT2D eigenvalue weighted by molar-refractivity contribution is -0.0976. The van der Waals surface area contributed by atoms with E-state index in [4.69, 9.17) is 10.5 Å². The summed E-state index contributed by atoms with van der Waals surface area (Å²) in [5.41, 5.74) is 5.65. The largest absolute Gasteiger partial charge is 0.444 e. The van der Waals surface area contributed by atoms with Crippen molar-refractivity contribution in [3.05, 3.63) is 17.8 Å². The molecule has 1 atom stereocenters. The number of aliphatic hydroxyl groups is 1. The summed E-state index contributed by atoms with van der Waals surface area (Å²) in [6, 6.07) is 1.80. The van der Waals surface area contributed by atoms with E-state index in [2.05, 4.69) is 4.98 Å². The van der Waals surface area contributed by atoms with Gasteiger partial charge in [0.05, 0.1) is 18.4 Å². The Morgan fingerprint density at radius 3 is 2.61 bits per heavy atom. The zero-order valence-corrected chi connectivity index (χ0v) is 14.5. The number of nitrogen functional groups attached to an aromatic ring is 1. The molecule has 1 aromatic rings. The van der Waals surface area contributed by atoms with Crippen LogP contribution in [-0.4, -0.2) is 52.0 Å². The van der Waals surface area contributed by atoms with E-state index in [9.17, 15) is 9.90 Å². The van der Waals surface area contributed by atoms with Gasteiger partial charge in [-0.1, -0.05) is 0 Å². The monoisotopic (exact) mass is 322 g/mol. The lowest BCUT2D eigenvalue weighted by Crippen LogP contribution is -2.63. The molecule has 0 aliphatic carbocycles. The summed E-state index contributed by atoms with van der Waals surface area (Å²) in [6.07, 6.45) is 1.19. The molecule has 3 N–H and O–H groups in total. The molecule has 7 nitrogen and oxygen atoms in total. The molecule has 2 rings (SSSR count). The van der Waals surface area contributed by atoms with Crippen molar-refractivity contribution in [1.29, 1.82) is 0 Å². The van der Waals surface area contributed by atoms with Crippen LogP contribution in [0.15, 0.2) is 12.3 Å². The lowest BCUT2D eigenvalue weighted by atomic mass is 10.1. The molecular formula is C16H26N4O3. The Kier molecular flexibility index (Phi) is 4.43. The summed E-state index contributed by atoms with van der Waals surface area (Å²) in [4.78, 5) is 19.8. The van der Waals surface area contributed by atoms with Crippen molar-refractivity contribution in [3.63, 3.8) is 0 Å². The average Bonchev–Trinajstić information content (AvgIpc) is 2.34. The number of hydrogen-bond donors (Lipinski definition) is 2. The van der Waals surface area contributed by atoms with Gasteiger partial charge < -0.3 is 20.5 Å². The van der Waals surface area contributed by atoms with Crippen LogP contribution in [0.1, 0.15) is 33.3 Å². The van der Waals surface area contributed by atoms with Crippen molar-refractivity contribution >= 4 is 17.6 Å². The van der Waals surface area contributed by atoms with Gasteiger partial charge in [-0.3, -0.25) is 4.90 Å². The van der Waals surface area contributed by atoms with Crippen LogP contribution in [0.25, 0.3) is 0 Å². The number of nitrogens with two attached hydrogens (primary N) is 1. The van der Waals surface area contributed by atoms with Gasteiger partial charge in [0, 0.05) is 13.1 Å². The second-order valence-corrected chi connectivity index (χ2v) is 7.17. The first-order chi connectivity index (χ1) is 10.5. The van der Waals surface area contributed by atoms with Crippen molar-refractivity contribution in [2.45, 2.75) is 45.9 Å². The average molecular weight is 322 g/mol. The third-order valence-electron chi connectivity index (χ3n) is 3.72. The first-order valence-corrected chi connectivity index (χ1v) is 7.70. The molecule has 1 aliphatic rings. The van der Waals surface area contributed by atoms with E-state index in [1.54, 1.807) is 40.0 Å². The third kappa shape index (κ3) is 4.04. The summed E-state index contributed by atoms with van der Waals surface area (Å²) in [7, 11) is 0. The molecule has 0 aromatic carbocycles. The molecule has 0 saturated carbocycles. The molecule has 0 radical (unpaired) electrons. The lowest BCUT2D eigenvalue weighted by Gasteiger charge is -2.46.